The van der Waals surface area contributed by atoms with Gasteiger partial charge < -0.3 is 15.0 Å². The van der Waals surface area contributed by atoms with Gasteiger partial charge in [0.1, 0.15) is 5.75 Å². The second-order valence-electron chi connectivity index (χ2n) is 4.54. The van der Waals surface area contributed by atoms with Crippen molar-refractivity contribution in [1.29, 1.82) is 0 Å². The molecule has 5 heteroatoms. The quantitative estimate of drug-likeness (QED) is 0.799. The van der Waals surface area contributed by atoms with Crippen molar-refractivity contribution in [1.82, 2.24) is 9.55 Å². The number of anilines is 1. The molecular weight excluding hydrogens is 318 g/mol. The van der Waals surface area contributed by atoms with Gasteiger partial charge in [-0.05, 0) is 29.8 Å². The lowest BCUT2D eigenvalue weighted by Crippen LogP contribution is -2.04. The van der Waals surface area contributed by atoms with Gasteiger partial charge in [-0.25, -0.2) is 4.98 Å². The summed E-state index contributed by atoms with van der Waals surface area (Å²) in [5.74, 6) is 1.29. The van der Waals surface area contributed by atoms with E-state index in [0.29, 0.717) is 12.5 Å². The molecule has 0 saturated heterocycles. The molecule has 0 amide bonds. The summed E-state index contributed by atoms with van der Waals surface area (Å²) < 4.78 is 8.26. The lowest BCUT2D eigenvalue weighted by Gasteiger charge is -2.07. The molecule has 0 atom stereocenters. The molecule has 4 nitrogen and oxygen atoms in total. The third-order valence-electron chi connectivity index (χ3n) is 3.21. The number of halogens is 1. The van der Waals surface area contributed by atoms with Crippen molar-refractivity contribution in [2.45, 2.75) is 6.54 Å². The summed E-state index contributed by atoms with van der Waals surface area (Å²) in [6.45, 7) is 0.689. The van der Waals surface area contributed by atoms with Crippen molar-refractivity contribution >= 4 is 32.9 Å². The van der Waals surface area contributed by atoms with Crippen molar-refractivity contribution in [2.75, 3.05) is 12.8 Å². The number of methoxy groups -OCH3 is 1. The highest BCUT2D eigenvalue weighted by Crippen LogP contribution is 2.24. The van der Waals surface area contributed by atoms with E-state index in [-0.39, 0.29) is 0 Å². The van der Waals surface area contributed by atoms with Gasteiger partial charge in [0, 0.05) is 10.5 Å². The van der Waals surface area contributed by atoms with Gasteiger partial charge in [0.2, 0.25) is 5.95 Å². The Morgan fingerprint density at radius 1 is 1.25 bits per heavy atom. The largest absolute Gasteiger partial charge is 0.497 e. The van der Waals surface area contributed by atoms with Gasteiger partial charge in [-0.1, -0.05) is 28.1 Å². The summed E-state index contributed by atoms with van der Waals surface area (Å²) in [5, 5.41) is 0. The van der Waals surface area contributed by atoms with E-state index in [2.05, 4.69) is 33.0 Å². The number of nitrogen functional groups attached to an aromatic ring is 1. The molecule has 2 N–H and O–H groups in total. The Kier molecular flexibility index (Phi) is 3.36. The molecule has 1 aromatic heterocycles. The first-order chi connectivity index (χ1) is 9.67. The van der Waals surface area contributed by atoms with Crippen LogP contribution in [0.2, 0.25) is 0 Å². The average Bonchev–Trinajstić information content (AvgIpc) is 2.74. The van der Waals surface area contributed by atoms with Gasteiger partial charge >= 0.3 is 0 Å². The molecule has 0 radical (unpaired) electrons. The van der Waals surface area contributed by atoms with E-state index in [1.165, 1.54) is 5.56 Å². The van der Waals surface area contributed by atoms with Gasteiger partial charge in [-0.2, -0.15) is 0 Å². The lowest BCUT2D eigenvalue weighted by atomic mass is 10.2. The van der Waals surface area contributed by atoms with Crippen LogP contribution in [-0.2, 0) is 6.54 Å². The minimum atomic E-state index is 0.508. The zero-order chi connectivity index (χ0) is 14.1. The standard InChI is InChI=1S/C15H14BrN3O/c1-20-12-5-6-14-13(8-12)18-15(17)19(14)9-10-3-2-4-11(16)7-10/h2-8H,9H2,1H3,(H2,17,18). The van der Waals surface area contributed by atoms with E-state index in [4.69, 9.17) is 10.5 Å². The van der Waals surface area contributed by atoms with Crippen molar-refractivity contribution in [3.8, 4) is 5.75 Å². The zero-order valence-corrected chi connectivity index (χ0v) is 12.6. The van der Waals surface area contributed by atoms with Crippen LogP contribution in [0.1, 0.15) is 5.56 Å². The molecule has 3 aromatic rings. The maximum atomic E-state index is 6.03. The first kappa shape index (κ1) is 13.0. The Labute approximate surface area is 125 Å². The minimum absolute atomic E-state index is 0.508. The summed E-state index contributed by atoms with van der Waals surface area (Å²) in [7, 11) is 1.64. The molecule has 0 bridgehead atoms. The van der Waals surface area contributed by atoms with E-state index in [9.17, 15) is 0 Å². The fourth-order valence-corrected chi connectivity index (χ4v) is 2.69. The molecule has 1 heterocycles. The van der Waals surface area contributed by atoms with Gasteiger partial charge in [-0.15, -0.1) is 0 Å². The number of nitrogens with zero attached hydrogens (tertiary/aromatic N) is 2. The number of imidazole rings is 1. The Morgan fingerprint density at radius 3 is 2.85 bits per heavy atom. The van der Waals surface area contributed by atoms with Crippen LogP contribution >= 0.6 is 15.9 Å². The van der Waals surface area contributed by atoms with Crippen molar-refractivity contribution in [3.05, 3.63) is 52.5 Å². The van der Waals surface area contributed by atoms with Crippen molar-refractivity contribution in [2.24, 2.45) is 0 Å². The molecule has 0 spiro atoms. The van der Waals surface area contributed by atoms with E-state index in [0.717, 1.165) is 21.3 Å². The molecule has 0 fully saturated rings. The predicted octanol–water partition coefficient (Wildman–Crippen LogP) is 3.44. The molecule has 2 aromatic carbocycles. The highest BCUT2D eigenvalue weighted by atomic mass is 79.9. The van der Waals surface area contributed by atoms with Gasteiger partial charge in [0.15, 0.2) is 0 Å². The normalized spacial score (nSPS) is 10.9. The number of fused-ring (bicyclic) bond motifs is 1. The first-order valence-electron chi connectivity index (χ1n) is 6.21. The number of hydrogen-bond donors (Lipinski definition) is 1. The van der Waals surface area contributed by atoms with E-state index in [1.54, 1.807) is 7.11 Å². The van der Waals surface area contributed by atoms with E-state index in [1.807, 2.05) is 34.9 Å². The summed E-state index contributed by atoms with van der Waals surface area (Å²) in [6, 6.07) is 14.0. The number of aromatic nitrogens is 2. The van der Waals surface area contributed by atoms with Crippen molar-refractivity contribution in [3.63, 3.8) is 0 Å². The predicted molar refractivity (Wildman–Crippen MR) is 83.9 cm³/mol. The number of rotatable bonds is 3. The van der Waals surface area contributed by atoms with Crippen LogP contribution in [0.15, 0.2) is 46.9 Å². The zero-order valence-electron chi connectivity index (χ0n) is 11.0. The van der Waals surface area contributed by atoms with Crippen LogP contribution < -0.4 is 10.5 Å². The van der Waals surface area contributed by atoms with E-state index >= 15 is 0 Å². The Bertz CT molecular complexity index is 767. The Hall–Kier alpha value is -2.01. The molecule has 0 aliphatic rings. The maximum Gasteiger partial charge on any atom is 0.201 e. The number of hydrogen-bond acceptors (Lipinski definition) is 3. The van der Waals surface area contributed by atoms with Crippen LogP contribution in [0.25, 0.3) is 11.0 Å². The molecule has 3 rings (SSSR count). The fraction of sp³-hybridized carbons (Fsp3) is 0.133. The monoisotopic (exact) mass is 331 g/mol. The highest BCUT2D eigenvalue weighted by molar-refractivity contribution is 9.10. The van der Waals surface area contributed by atoms with Crippen molar-refractivity contribution < 1.29 is 4.74 Å². The highest BCUT2D eigenvalue weighted by Gasteiger charge is 2.09. The van der Waals surface area contributed by atoms with Gasteiger partial charge in [0.05, 0.1) is 24.7 Å². The van der Waals surface area contributed by atoms with Crippen LogP contribution in [-0.4, -0.2) is 16.7 Å². The van der Waals surface area contributed by atoms with E-state index < -0.39 is 0 Å². The van der Waals surface area contributed by atoms with Crippen LogP contribution in [0.3, 0.4) is 0 Å². The molecule has 20 heavy (non-hydrogen) atoms. The average molecular weight is 332 g/mol. The summed E-state index contributed by atoms with van der Waals surface area (Å²) in [4.78, 5) is 4.39. The second kappa shape index (κ2) is 5.17. The summed E-state index contributed by atoms with van der Waals surface area (Å²) >= 11 is 3.48. The Balaban J connectivity index is 2.05. The Morgan fingerprint density at radius 2 is 2.10 bits per heavy atom. The smallest absolute Gasteiger partial charge is 0.201 e. The number of benzene rings is 2. The molecule has 0 aliphatic carbocycles. The van der Waals surface area contributed by atoms with Gasteiger partial charge in [0.25, 0.3) is 0 Å². The van der Waals surface area contributed by atoms with Gasteiger partial charge in [-0.3, -0.25) is 0 Å². The van der Waals surface area contributed by atoms with Crippen LogP contribution in [0.4, 0.5) is 5.95 Å². The summed E-state index contributed by atoms with van der Waals surface area (Å²) in [5.41, 5.74) is 9.05. The SMILES string of the molecule is COc1ccc2c(c1)nc(N)n2Cc1cccc(Br)c1. The van der Waals surface area contributed by atoms with Crippen LogP contribution in [0, 0.1) is 0 Å². The summed E-state index contributed by atoms with van der Waals surface area (Å²) in [6.07, 6.45) is 0. The third kappa shape index (κ3) is 2.36. The molecule has 102 valence electrons. The van der Waals surface area contributed by atoms with Crippen LogP contribution in [0.5, 0.6) is 5.75 Å². The second-order valence-corrected chi connectivity index (χ2v) is 5.46. The maximum absolute atomic E-state index is 6.03. The molecular formula is C15H14BrN3O. The first-order valence-corrected chi connectivity index (χ1v) is 7.01. The fourth-order valence-electron chi connectivity index (χ4n) is 2.24. The lowest BCUT2D eigenvalue weighted by molar-refractivity contribution is 0.415. The minimum Gasteiger partial charge on any atom is -0.497 e. The number of nitrogens with two attached hydrogens (primary N) is 1. The number of ether oxygens (including phenoxy) is 1. The molecule has 0 aliphatic heterocycles. The third-order valence-corrected chi connectivity index (χ3v) is 3.71. The molecule has 0 unspecified atom stereocenters. The topological polar surface area (TPSA) is 53.1 Å². The molecule has 0 saturated carbocycles.